The molecule has 33 heavy (non-hydrogen) atoms. The molecule has 3 rings (SSSR count). The van der Waals surface area contributed by atoms with Gasteiger partial charge in [0.25, 0.3) is 0 Å². The van der Waals surface area contributed by atoms with Crippen LogP contribution in [0.2, 0.25) is 0 Å². The van der Waals surface area contributed by atoms with Crippen molar-refractivity contribution < 1.29 is 18.0 Å². The quantitative estimate of drug-likeness (QED) is 0.531. The molecule has 2 N–H and O–H groups in total. The highest BCUT2D eigenvalue weighted by Crippen LogP contribution is 2.21. The normalized spacial score (nSPS) is 15.2. The molecule has 1 saturated heterocycles. The van der Waals surface area contributed by atoms with Crippen LogP contribution in [0.4, 0.5) is 5.69 Å². The number of likely N-dealkylation sites (N-methyl/N-ethyl adjacent to an activating group) is 1. The summed E-state index contributed by atoms with van der Waals surface area (Å²) in [5.74, 6) is -0.396. The first-order valence-electron chi connectivity index (χ1n) is 11.3. The van der Waals surface area contributed by atoms with E-state index in [0.29, 0.717) is 31.9 Å². The number of anilines is 1. The number of hydrogen-bond acceptors (Lipinski definition) is 6. The first-order chi connectivity index (χ1) is 15.9. The molecule has 1 aromatic carbocycles. The molecule has 8 nitrogen and oxygen atoms in total. The van der Waals surface area contributed by atoms with E-state index in [1.54, 1.807) is 32.7 Å². The van der Waals surface area contributed by atoms with Gasteiger partial charge in [-0.3, -0.25) is 14.5 Å². The van der Waals surface area contributed by atoms with E-state index >= 15 is 0 Å². The third-order valence-electron chi connectivity index (χ3n) is 5.56. The van der Waals surface area contributed by atoms with Gasteiger partial charge in [-0.25, -0.2) is 8.42 Å². The maximum absolute atomic E-state index is 12.9. The molecule has 0 atom stereocenters. The summed E-state index contributed by atoms with van der Waals surface area (Å²) >= 11 is 1.58. The lowest BCUT2D eigenvalue weighted by Crippen LogP contribution is -2.40. The van der Waals surface area contributed by atoms with Gasteiger partial charge in [-0.1, -0.05) is 25.8 Å². The van der Waals surface area contributed by atoms with Crippen LogP contribution < -0.4 is 10.6 Å². The number of amides is 2. The molecule has 1 aromatic heterocycles. The number of carbonyl (C=O) groups excluding carboxylic acids is 2. The minimum atomic E-state index is -3.52. The summed E-state index contributed by atoms with van der Waals surface area (Å²) < 4.78 is 27.3. The fraction of sp³-hybridized carbons (Fsp3) is 0.478. The van der Waals surface area contributed by atoms with Crippen LogP contribution in [0.15, 0.2) is 46.7 Å². The Morgan fingerprint density at radius 2 is 1.67 bits per heavy atom. The Bertz CT molecular complexity index is 1000. The van der Waals surface area contributed by atoms with E-state index in [0.717, 1.165) is 30.6 Å². The fourth-order valence-electron chi connectivity index (χ4n) is 3.68. The number of thiophene rings is 1. The van der Waals surface area contributed by atoms with Crippen molar-refractivity contribution in [3.05, 3.63) is 46.7 Å². The monoisotopic (exact) mass is 492 g/mol. The number of hydrogen-bond donors (Lipinski definition) is 2. The Kier molecular flexibility index (Phi) is 9.42. The predicted molar refractivity (Wildman–Crippen MR) is 131 cm³/mol. The van der Waals surface area contributed by atoms with E-state index in [1.807, 2.05) is 24.4 Å². The van der Waals surface area contributed by atoms with Gasteiger partial charge >= 0.3 is 0 Å². The van der Waals surface area contributed by atoms with Crippen molar-refractivity contribution in [3.63, 3.8) is 0 Å². The van der Waals surface area contributed by atoms with Gasteiger partial charge in [0.15, 0.2) is 0 Å². The Hall–Kier alpha value is -2.27. The van der Waals surface area contributed by atoms with Crippen molar-refractivity contribution in [1.82, 2.24) is 14.5 Å². The highest BCUT2D eigenvalue weighted by molar-refractivity contribution is 7.89. The van der Waals surface area contributed by atoms with Crippen LogP contribution in [0.25, 0.3) is 0 Å². The second-order valence-corrected chi connectivity index (χ2v) is 11.0. The van der Waals surface area contributed by atoms with Gasteiger partial charge < -0.3 is 10.6 Å². The van der Waals surface area contributed by atoms with Crippen LogP contribution in [0.1, 0.15) is 37.5 Å². The number of sulfonamides is 1. The molecule has 0 spiro atoms. The molecule has 2 heterocycles. The van der Waals surface area contributed by atoms with Gasteiger partial charge in [0, 0.05) is 23.7 Å². The number of nitrogens with one attached hydrogen (secondary N) is 2. The van der Waals surface area contributed by atoms with E-state index < -0.39 is 10.0 Å². The van der Waals surface area contributed by atoms with Gasteiger partial charge in [0.05, 0.1) is 24.5 Å². The fourth-order valence-corrected chi connectivity index (χ4v) is 5.84. The number of nitrogens with zero attached hydrogens (tertiary/aromatic N) is 2. The van der Waals surface area contributed by atoms with Crippen LogP contribution in [-0.2, 0) is 26.2 Å². The molecule has 0 radical (unpaired) electrons. The average molecular weight is 493 g/mol. The molecule has 2 amide bonds. The molecule has 0 saturated carbocycles. The molecule has 1 aliphatic rings. The van der Waals surface area contributed by atoms with Crippen molar-refractivity contribution in [1.29, 1.82) is 0 Å². The third-order valence-corrected chi connectivity index (χ3v) is 8.35. The number of benzene rings is 1. The van der Waals surface area contributed by atoms with E-state index in [-0.39, 0.29) is 29.8 Å². The Morgan fingerprint density at radius 3 is 2.27 bits per heavy atom. The first kappa shape index (κ1) is 25.4. The Labute approximate surface area is 200 Å². The summed E-state index contributed by atoms with van der Waals surface area (Å²) in [6.45, 7) is 4.21. The SMILES string of the molecule is CCN(CC(=O)NCc1cccs1)CC(=O)Nc1ccc(S(=O)(=O)N2CCCCCC2)cc1. The van der Waals surface area contributed by atoms with Gasteiger partial charge in [-0.15, -0.1) is 11.3 Å². The lowest BCUT2D eigenvalue weighted by Gasteiger charge is -2.20. The topological polar surface area (TPSA) is 98.8 Å². The van der Waals surface area contributed by atoms with Crippen molar-refractivity contribution in [3.8, 4) is 0 Å². The van der Waals surface area contributed by atoms with Crippen LogP contribution in [-0.4, -0.2) is 62.2 Å². The van der Waals surface area contributed by atoms with Gasteiger partial charge in [-0.2, -0.15) is 4.31 Å². The van der Waals surface area contributed by atoms with Crippen molar-refractivity contribution in [2.45, 2.75) is 44.0 Å². The predicted octanol–water partition coefficient (Wildman–Crippen LogP) is 2.89. The molecule has 180 valence electrons. The Balaban J connectivity index is 1.50. The standard InChI is InChI=1S/C23H32N4O4S2/c1-2-26(17-22(28)24-16-20-8-7-15-32-20)18-23(29)25-19-9-11-21(12-10-19)33(30,31)27-13-5-3-4-6-14-27/h7-12,15H,2-6,13-14,16-18H2,1H3,(H,24,28)(H,25,29). The molecule has 2 aromatic rings. The molecule has 1 aliphatic heterocycles. The number of rotatable bonds is 10. The molecular formula is C23H32N4O4S2. The summed E-state index contributed by atoms with van der Waals surface area (Å²) in [7, 11) is -3.52. The zero-order valence-corrected chi connectivity index (χ0v) is 20.6. The van der Waals surface area contributed by atoms with Crippen LogP contribution in [0.3, 0.4) is 0 Å². The van der Waals surface area contributed by atoms with Crippen LogP contribution >= 0.6 is 11.3 Å². The summed E-state index contributed by atoms with van der Waals surface area (Å²) in [6, 6.07) is 10.2. The van der Waals surface area contributed by atoms with E-state index in [9.17, 15) is 18.0 Å². The molecule has 0 aliphatic carbocycles. The highest BCUT2D eigenvalue weighted by Gasteiger charge is 2.25. The van der Waals surface area contributed by atoms with E-state index in [4.69, 9.17) is 0 Å². The molecule has 1 fully saturated rings. The van der Waals surface area contributed by atoms with E-state index in [1.165, 1.54) is 12.1 Å². The van der Waals surface area contributed by atoms with Gasteiger partial charge in [0.1, 0.15) is 0 Å². The minimum absolute atomic E-state index is 0.0662. The summed E-state index contributed by atoms with van der Waals surface area (Å²) in [4.78, 5) is 27.7. The lowest BCUT2D eigenvalue weighted by atomic mass is 10.2. The minimum Gasteiger partial charge on any atom is -0.350 e. The van der Waals surface area contributed by atoms with E-state index in [2.05, 4.69) is 10.6 Å². The van der Waals surface area contributed by atoms with Crippen molar-refractivity contribution in [2.75, 3.05) is 38.0 Å². The summed E-state index contributed by atoms with van der Waals surface area (Å²) in [5.41, 5.74) is 0.521. The smallest absolute Gasteiger partial charge is 0.243 e. The van der Waals surface area contributed by atoms with Crippen molar-refractivity contribution >= 4 is 38.9 Å². The second-order valence-electron chi connectivity index (χ2n) is 8.05. The first-order valence-corrected chi connectivity index (χ1v) is 13.6. The van der Waals surface area contributed by atoms with Gasteiger partial charge in [0.2, 0.25) is 21.8 Å². The number of carbonyl (C=O) groups is 2. The molecular weight excluding hydrogens is 460 g/mol. The average Bonchev–Trinajstić information content (AvgIpc) is 3.17. The maximum Gasteiger partial charge on any atom is 0.243 e. The largest absolute Gasteiger partial charge is 0.350 e. The van der Waals surface area contributed by atoms with Gasteiger partial charge in [-0.05, 0) is 55.1 Å². The summed E-state index contributed by atoms with van der Waals surface area (Å²) in [5, 5.41) is 7.60. The van der Waals surface area contributed by atoms with Crippen LogP contribution in [0.5, 0.6) is 0 Å². The molecule has 10 heteroatoms. The molecule has 0 bridgehead atoms. The second kappa shape index (κ2) is 12.3. The molecule has 0 unspecified atom stereocenters. The van der Waals surface area contributed by atoms with Crippen LogP contribution in [0, 0.1) is 0 Å². The summed E-state index contributed by atoms with van der Waals surface area (Å²) in [6.07, 6.45) is 3.88. The van der Waals surface area contributed by atoms with Crippen molar-refractivity contribution in [2.24, 2.45) is 0 Å². The maximum atomic E-state index is 12.9. The zero-order valence-electron chi connectivity index (χ0n) is 19.0. The Morgan fingerprint density at radius 1 is 1.00 bits per heavy atom. The lowest BCUT2D eigenvalue weighted by molar-refractivity contribution is -0.123. The highest BCUT2D eigenvalue weighted by atomic mass is 32.2. The third kappa shape index (κ3) is 7.63. The zero-order chi connectivity index (χ0) is 23.7.